The molecule has 0 aliphatic carbocycles. The minimum atomic E-state index is -0.887. The Morgan fingerprint density at radius 2 is 1.30 bits per heavy atom. The number of nitrogens with zero attached hydrogens (tertiary/aromatic N) is 2. The molecule has 0 amide bonds. The van der Waals surface area contributed by atoms with Crippen molar-refractivity contribution in [3.05, 3.63) is 107 Å². The van der Waals surface area contributed by atoms with Crippen LogP contribution in [0.2, 0.25) is 0 Å². The standard InChI is InChI=1S/C30H19FN2O4/c1-19-14-24(22-6-2-20(17-32)3-7-22)10-13-28(19)37-30(35)16-29(34)36-25-11-12-26(27(31)15-25)23-8-4-21(18-33)5-9-23/h2-15H,16H2,1H3. The van der Waals surface area contributed by atoms with Crippen LogP contribution in [-0.4, -0.2) is 11.9 Å². The molecule has 180 valence electrons. The molecule has 0 N–H and O–H groups in total. The second kappa shape index (κ2) is 11.0. The summed E-state index contributed by atoms with van der Waals surface area (Å²) in [4.78, 5) is 24.5. The first-order valence-electron chi connectivity index (χ1n) is 11.2. The van der Waals surface area contributed by atoms with Gasteiger partial charge in [0.2, 0.25) is 0 Å². The van der Waals surface area contributed by atoms with E-state index in [1.165, 1.54) is 12.1 Å². The van der Waals surface area contributed by atoms with Crippen LogP contribution in [0, 0.1) is 35.4 Å². The first kappa shape index (κ1) is 24.8. The Morgan fingerprint density at radius 3 is 1.86 bits per heavy atom. The quantitative estimate of drug-likeness (QED) is 0.184. The maximum absolute atomic E-state index is 14.6. The number of ether oxygens (including phenoxy) is 2. The van der Waals surface area contributed by atoms with E-state index in [4.69, 9.17) is 20.0 Å². The largest absolute Gasteiger partial charge is 0.426 e. The summed E-state index contributed by atoms with van der Waals surface area (Å²) in [5.74, 6) is -2.06. The van der Waals surface area contributed by atoms with Crippen molar-refractivity contribution in [1.82, 2.24) is 0 Å². The van der Waals surface area contributed by atoms with Gasteiger partial charge < -0.3 is 9.47 Å². The predicted octanol–water partition coefficient (Wildman–Crippen LogP) is 6.11. The van der Waals surface area contributed by atoms with E-state index in [0.717, 1.165) is 17.2 Å². The number of hydrogen-bond acceptors (Lipinski definition) is 6. The van der Waals surface area contributed by atoms with Gasteiger partial charge in [0.25, 0.3) is 0 Å². The van der Waals surface area contributed by atoms with Gasteiger partial charge in [-0.15, -0.1) is 0 Å². The van der Waals surface area contributed by atoms with Gasteiger partial charge in [-0.2, -0.15) is 10.5 Å². The minimum Gasteiger partial charge on any atom is -0.426 e. The normalized spacial score (nSPS) is 10.2. The number of esters is 2. The fourth-order valence-electron chi connectivity index (χ4n) is 3.64. The molecule has 0 fully saturated rings. The fourth-order valence-corrected chi connectivity index (χ4v) is 3.64. The zero-order valence-corrected chi connectivity index (χ0v) is 19.7. The van der Waals surface area contributed by atoms with Gasteiger partial charge in [-0.05, 0) is 77.7 Å². The van der Waals surface area contributed by atoms with E-state index in [1.807, 2.05) is 24.3 Å². The van der Waals surface area contributed by atoms with Crippen molar-refractivity contribution < 1.29 is 23.5 Å². The van der Waals surface area contributed by atoms with E-state index >= 15 is 0 Å². The monoisotopic (exact) mass is 490 g/mol. The van der Waals surface area contributed by atoms with Gasteiger partial charge in [0, 0.05) is 11.6 Å². The van der Waals surface area contributed by atoms with E-state index in [-0.39, 0.29) is 11.3 Å². The molecule has 0 unspecified atom stereocenters. The van der Waals surface area contributed by atoms with Gasteiger partial charge >= 0.3 is 11.9 Å². The molecular weight excluding hydrogens is 471 g/mol. The number of aryl methyl sites for hydroxylation is 1. The Bertz CT molecular complexity index is 1560. The summed E-state index contributed by atoms with van der Waals surface area (Å²) in [6.45, 7) is 1.77. The third-order valence-corrected chi connectivity index (χ3v) is 5.53. The summed E-state index contributed by atoms with van der Waals surface area (Å²) in [5.41, 5.74) is 4.33. The van der Waals surface area contributed by atoms with Crippen molar-refractivity contribution in [2.45, 2.75) is 13.3 Å². The highest BCUT2D eigenvalue weighted by Gasteiger charge is 2.16. The molecule has 0 radical (unpaired) electrons. The summed E-state index contributed by atoms with van der Waals surface area (Å²) in [5, 5.41) is 17.8. The van der Waals surface area contributed by atoms with Crippen LogP contribution in [0.4, 0.5) is 4.39 Å². The van der Waals surface area contributed by atoms with Crippen molar-refractivity contribution >= 4 is 11.9 Å². The Hall–Kier alpha value is -5.27. The van der Waals surface area contributed by atoms with Gasteiger partial charge in [0.05, 0.1) is 23.3 Å². The molecule has 0 aromatic heterocycles. The minimum absolute atomic E-state index is 0.0457. The molecule has 37 heavy (non-hydrogen) atoms. The lowest BCUT2D eigenvalue weighted by Crippen LogP contribution is -2.18. The average molecular weight is 490 g/mol. The lowest BCUT2D eigenvalue weighted by atomic mass is 10.0. The van der Waals surface area contributed by atoms with E-state index in [1.54, 1.807) is 55.5 Å². The SMILES string of the molecule is Cc1cc(-c2ccc(C#N)cc2)ccc1OC(=O)CC(=O)Oc1ccc(-c2ccc(C#N)cc2)c(F)c1. The molecule has 0 spiro atoms. The molecule has 0 aliphatic rings. The molecule has 7 heteroatoms. The molecule has 0 aliphatic heterocycles. The Balaban J connectivity index is 1.36. The third-order valence-electron chi connectivity index (χ3n) is 5.53. The highest BCUT2D eigenvalue weighted by molar-refractivity contribution is 5.93. The number of hydrogen-bond donors (Lipinski definition) is 0. The average Bonchev–Trinajstić information content (AvgIpc) is 2.90. The number of carbonyl (C=O) groups excluding carboxylic acids is 2. The van der Waals surface area contributed by atoms with Gasteiger partial charge in [-0.25, -0.2) is 4.39 Å². The highest BCUT2D eigenvalue weighted by Crippen LogP contribution is 2.28. The first-order chi connectivity index (χ1) is 17.9. The number of nitriles is 2. The number of rotatable bonds is 6. The molecule has 6 nitrogen and oxygen atoms in total. The lowest BCUT2D eigenvalue weighted by molar-refractivity contribution is -0.144. The topological polar surface area (TPSA) is 100 Å². The molecule has 4 aromatic rings. The Kier molecular flexibility index (Phi) is 7.37. The van der Waals surface area contributed by atoms with Gasteiger partial charge in [-0.1, -0.05) is 30.3 Å². The van der Waals surface area contributed by atoms with E-state index in [0.29, 0.717) is 28.0 Å². The van der Waals surface area contributed by atoms with Gasteiger partial charge in [0.15, 0.2) is 0 Å². The smallest absolute Gasteiger partial charge is 0.322 e. The van der Waals surface area contributed by atoms with Crippen molar-refractivity contribution in [3.63, 3.8) is 0 Å². The summed E-state index contributed by atoms with van der Waals surface area (Å²) >= 11 is 0. The molecule has 4 aromatic carbocycles. The Labute approximate surface area is 212 Å². The van der Waals surface area contributed by atoms with Gasteiger partial charge in [0.1, 0.15) is 23.7 Å². The van der Waals surface area contributed by atoms with Gasteiger partial charge in [-0.3, -0.25) is 9.59 Å². The van der Waals surface area contributed by atoms with Crippen LogP contribution in [0.25, 0.3) is 22.3 Å². The summed E-state index contributed by atoms with van der Waals surface area (Å²) in [7, 11) is 0. The van der Waals surface area contributed by atoms with E-state index in [9.17, 15) is 14.0 Å². The highest BCUT2D eigenvalue weighted by atomic mass is 19.1. The fraction of sp³-hybridized carbons (Fsp3) is 0.0667. The number of carbonyl (C=O) groups is 2. The van der Waals surface area contributed by atoms with E-state index < -0.39 is 24.2 Å². The number of halogens is 1. The molecular formula is C30H19FN2O4. The van der Waals surface area contributed by atoms with Crippen molar-refractivity contribution in [1.29, 1.82) is 10.5 Å². The lowest BCUT2D eigenvalue weighted by Gasteiger charge is -2.10. The van der Waals surface area contributed by atoms with Crippen LogP contribution in [0.1, 0.15) is 23.1 Å². The molecule has 4 rings (SSSR count). The van der Waals surface area contributed by atoms with E-state index in [2.05, 4.69) is 6.07 Å². The van der Waals surface area contributed by atoms with Crippen LogP contribution in [0.15, 0.2) is 84.9 Å². The van der Waals surface area contributed by atoms with Crippen LogP contribution in [-0.2, 0) is 9.59 Å². The Morgan fingerprint density at radius 1 is 0.730 bits per heavy atom. The van der Waals surface area contributed by atoms with Crippen molar-refractivity contribution in [2.24, 2.45) is 0 Å². The number of benzene rings is 4. The molecule has 0 atom stereocenters. The molecule has 0 bridgehead atoms. The summed E-state index contributed by atoms with van der Waals surface area (Å²) < 4.78 is 25.0. The maximum Gasteiger partial charge on any atom is 0.322 e. The first-order valence-corrected chi connectivity index (χ1v) is 11.2. The van der Waals surface area contributed by atoms with Crippen LogP contribution in [0.5, 0.6) is 11.5 Å². The van der Waals surface area contributed by atoms with Crippen molar-refractivity contribution in [2.75, 3.05) is 0 Å². The second-order valence-electron chi connectivity index (χ2n) is 8.13. The van der Waals surface area contributed by atoms with Crippen LogP contribution >= 0.6 is 0 Å². The third kappa shape index (κ3) is 6.05. The summed E-state index contributed by atoms with van der Waals surface area (Å²) in [6.07, 6.45) is -0.657. The molecule has 0 heterocycles. The van der Waals surface area contributed by atoms with Crippen molar-refractivity contribution in [3.8, 4) is 45.9 Å². The van der Waals surface area contributed by atoms with Crippen LogP contribution in [0.3, 0.4) is 0 Å². The zero-order chi connectivity index (χ0) is 26.4. The summed E-state index contributed by atoms with van der Waals surface area (Å²) in [6, 6.07) is 26.7. The molecule has 0 saturated carbocycles. The zero-order valence-electron chi connectivity index (χ0n) is 19.7. The molecule has 0 saturated heterocycles. The second-order valence-corrected chi connectivity index (χ2v) is 8.13. The van der Waals surface area contributed by atoms with Crippen LogP contribution < -0.4 is 9.47 Å². The maximum atomic E-state index is 14.6. The predicted molar refractivity (Wildman–Crippen MR) is 134 cm³/mol.